The third kappa shape index (κ3) is 6.47. The number of aliphatic imine (C=N–C) groups is 2. The Hall–Kier alpha value is -3.07. The van der Waals surface area contributed by atoms with Gasteiger partial charge in [0.15, 0.2) is 0 Å². The highest BCUT2D eigenvalue weighted by Gasteiger charge is 2.35. The van der Waals surface area contributed by atoms with Crippen molar-refractivity contribution in [2.75, 3.05) is 5.32 Å². The van der Waals surface area contributed by atoms with Crippen LogP contribution >= 0.6 is 0 Å². The van der Waals surface area contributed by atoms with Gasteiger partial charge in [0.2, 0.25) is 5.88 Å². The van der Waals surface area contributed by atoms with Gasteiger partial charge in [0, 0.05) is 18.2 Å². The average molecular weight is 454 g/mol. The molecule has 1 aromatic carbocycles. The SMILES string of the molecule is CC1CC1.Cc1c(Nc2ccc(N=CN=CN)cc2F)ncnc1OC1CC2CCC(C1)N2. The zero-order valence-electron chi connectivity index (χ0n) is 19.2. The molecule has 9 heteroatoms. The molecule has 2 atom stereocenters. The van der Waals surface area contributed by atoms with Crippen LogP contribution in [0.2, 0.25) is 0 Å². The summed E-state index contributed by atoms with van der Waals surface area (Å²) in [5.41, 5.74) is 6.61. The van der Waals surface area contributed by atoms with Crippen LogP contribution in [-0.2, 0) is 0 Å². The highest BCUT2D eigenvalue weighted by atomic mass is 19.1. The number of benzene rings is 1. The van der Waals surface area contributed by atoms with Crippen LogP contribution in [0.5, 0.6) is 5.88 Å². The van der Waals surface area contributed by atoms with E-state index in [1.165, 1.54) is 44.4 Å². The number of rotatable bonds is 6. The van der Waals surface area contributed by atoms with Gasteiger partial charge < -0.3 is 21.1 Å². The summed E-state index contributed by atoms with van der Waals surface area (Å²) in [4.78, 5) is 16.2. The Morgan fingerprint density at radius 2 is 1.91 bits per heavy atom. The van der Waals surface area contributed by atoms with E-state index in [1.54, 1.807) is 12.1 Å². The molecule has 8 nitrogen and oxygen atoms in total. The smallest absolute Gasteiger partial charge is 0.221 e. The third-order valence-corrected chi connectivity index (χ3v) is 6.18. The Kier molecular flexibility index (Phi) is 7.49. The number of hydrogen-bond acceptors (Lipinski definition) is 6. The number of fused-ring (bicyclic) bond motifs is 2. The van der Waals surface area contributed by atoms with Crippen molar-refractivity contribution in [3.8, 4) is 5.88 Å². The molecule has 3 fully saturated rings. The van der Waals surface area contributed by atoms with E-state index < -0.39 is 5.82 Å². The molecule has 0 spiro atoms. The Labute approximate surface area is 194 Å². The van der Waals surface area contributed by atoms with E-state index in [2.05, 4.69) is 37.5 Å². The van der Waals surface area contributed by atoms with Crippen molar-refractivity contribution >= 4 is 29.9 Å². The first kappa shape index (κ1) is 23.1. The van der Waals surface area contributed by atoms with Gasteiger partial charge in [0.1, 0.15) is 30.4 Å². The molecule has 0 radical (unpaired) electrons. The molecule has 3 aliphatic rings. The minimum Gasteiger partial charge on any atom is -0.474 e. The summed E-state index contributed by atoms with van der Waals surface area (Å²) >= 11 is 0. The Morgan fingerprint density at radius 1 is 1.18 bits per heavy atom. The first-order valence-corrected chi connectivity index (χ1v) is 11.6. The average Bonchev–Trinajstić information content (AvgIpc) is 3.51. The standard InChI is InChI=1S/C20H24FN7O.C4H8/c1-12-19(28-18-5-4-13(8-17(18)21)24-10-23-9-22)25-11-26-20(12)29-16-6-14-2-3-15(7-16)27-14;1-4-2-3-4/h4-5,8-11,14-16,27H,2-3,6-7H2,1H3,(H2,22,23,24)(H,25,26,28);4H,2-3H2,1H3. The number of anilines is 2. The molecule has 33 heavy (non-hydrogen) atoms. The second-order valence-corrected chi connectivity index (χ2v) is 9.02. The maximum Gasteiger partial charge on any atom is 0.221 e. The van der Waals surface area contributed by atoms with Crippen LogP contribution in [-0.4, -0.2) is 40.8 Å². The van der Waals surface area contributed by atoms with E-state index in [4.69, 9.17) is 10.5 Å². The van der Waals surface area contributed by atoms with Gasteiger partial charge in [-0.05, 0) is 50.7 Å². The van der Waals surface area contributed by atoms with Crippen molar-refractivity contribution < 1.29 is 9.13 Å². The topological polar surface area (TPSA) is 110 Å². The molecule has 2 saturated heterocycles. The highest BCUT2D eigenvalue weighted by Crippen LogP contribution is 2.32. The van der Waals surface area contributed by atoms with Gasteiger partial charge in [-0.25, -0.2) is 24.3 Å². The van der Waals surface area contributed by atoms with Crippen molar-refractivity contribution in [2.24, 2.45) is 21.6 Å². The van der Waals surface area contributed by atoms with E-state index in [1.807, 2.05) is 6.92 Å². The van der Waals surface area contributed by atoms with Crippen LogP contribution < -0.4 is 21.1 Å². The molecule has 1 aliphatic carbocycles. The molecule has 176 valence electrons. The number of nitrogens with zero attached hydrogens (tertiary/aromatic N) is 4. The second kappa shape index (κ2) is 10.7. The summed E-state index contributed by atoms with van der Waals surface area (Å²) in [6.07, 6.45) is 11.3. The molecule has 1 aromatic heterocycles. The van der Waals surface area contributed by atoms with Crippen LogP contribution in [0.1, 0.15) is 51.0 Å². The van der Waals surface area contributed by atoms with Gasteiger partial charge in [-0.2, -0.15) is 0 Å². The van der Waals surface area contributed by atoms with Gasteiger partial charge in [-0.15, -0.1) is 0 Å². The molecule has 1 saturated carbocycles. The molecule has 2 unspecified atom stereocenters. The quantitative estimate of drug-likeness (QED) is 0.442. The number of halogens is 1. The maximum atomic E-state index is 14.5. The van der Waals surface area contributed by atoms with Crippen molar-refractivity contribution in [2.45, 2.75) is 70.6 Å². The van der Waals surface area contributed by atoms with Crippen LogP contribution in [0, 0.1) is 18.7 Å². The lowest BCUT2D eigenvalue weighted by molar-refractivity contribution is 0.131. The molecule has 3 heterocycles. The second-order valence-electron chi connectivity index (χ2n) is 9.02. The first-order valence-electron chi connectivity index (χ1n) is 11.6. The summed E-state index contributed by atoms with van der Waals surface area (Å²) in [5, 5.41) is 6.62. The number of piperidine rings is 1. The van der Waals surface area contributed by atoms with Gasteiger partial charge in [0.05, 0.1) is 23.3 Å². The lowest BCUT2D eigenvalue weighted by Gasteiger charge is -2.29. The molecular formula is C24H32FN7O. The fourth-order valence-corrected chi connectivity index (χ4v) is 4.06. The van der Waals surface area contributed by atoms with Crippen LogP contribution in [0.4, 0.5) is 21.6 Å². The van der Waals surface area contributed by atoms with Gasteiger partial charge in [0.25, 0.3) is 0 Å². The molecule has 2 aromatic rings. The number of nitrogens with two attached hydrogens (primary N) is 1. The molecule has 0 amide bonds. The lowest BCUT2D eigenvalue weighted by Crippen LogP contribution is -2.42. The fraction of sp³-hybridized carbons (Fsp3) is 0.500. The Balaban J connectivity index is 0.000000586. The van der Waals surface area contributed by atoms with Gasteiger partial charge in [-0.3, -0.25) is 0 Å². The Morgan fingerprint density at radius 3 is 2.55 bits per heavy atom. The highest BCUT2D eigenvalue weighted by molar-refractivity contribution is 5.72. The van der Waals surface area contributed by atoms with E-state index >= 15 is 0 Å². The van der Waals surface area contributed by atoms with Crippen molar-refractivity contribution in [1.29, 1.82) is 0 Å². The molecule has 4 N–H and O–H groups in total. The van der Waals surface area contributed by atoms with Gasteiger partial charge >= 0.3 is 0 Å². The van der Waals surface area contributed by atoms with Crippen LogP contribution in [0.25, 0.3) is 0 Å². The van der Waals surface area contributed by atoms with E-state index in [0.29, 0.717) is 35.2 Å². The summed E-state index contributed by atoms with van der Waals surface area (Å²) in [7, 11) is 0. The number of ether oxygens (including phenoxy) is 1. The maximum absolute atomic E-state index is 14.5. The van der Waals surface area contributed by atoms with E-state index in [0.717, 1.165) is 30.7 Å². The van der Waals surface area contributed by atoms with E-state index in [9.17, 15) is 4.39 Å². The van der Waals surface area contributed by atoms with Crippen LogP contribution in [0.3, 0.4) is 0 Å². The van der Waals surface area contributed by atoms with Gasteiger partial charge in [-0.1, -0.05) is 19.8 Å². The Bertz CT molecular complexity index is 996. The predicted molar refractivity (Wildman–Crippen MR) is 129 cm³/mol. The summed E-state index contributed by atoms with van der Waals surface area (Å²) in [5.74, 6) is 1.68. The monoisotopic (exact) mass is 453 g/mol. The van der Waals surface area contributed by atoms with Crippen molar-refractivity contribution in [3.05, 3.63) is 35.9 Å². The number of hydrogen-bond donors (Lipinski definition) is 3. The van der Waals surface area contributed by atoms with Crippen LogP contribution in [0.15, 0.2) is 34.5 Å². The lowest BCUT2D eigenvalue weighted by atomic mass is 10.0. The summed E-state index contributed by atoms with van der Waals surface area (Å²) in [6, 6.07) is 5.64. The molecular weight excluding hydrogens is 421 g/mol. The minimum atomic E-state index is -0.452. The minimum absolute atomic E-state index is 0.139. The fourth-order valence-electron chi connectivity index (χ4n) is 4.06. The third-order valence-electron chi connectivity index (χ3n) is 6.18. The van der Waals surface area contributed by atoms with E-state index in [-0.39, 0.29) is 6.10 Å². The first-order chi connectivity index (χ1) is 16.0. The summed E-state index contributed by atoms with van der Waals surface area (Å²) in [6.45, 7) is 4.15. The van der Waals surface area contributed by atoms with Crippen molar-refractivity contribution in [1.82, 2.24) is 15.3 Å². The molecule has 2 bridgehead atoms. The van der Waals surface area contributed by atoms with Crippen molar-refractivity contribution in [3.63, 3.8) is 0 Å². The number of nitrogens with one attached hydrogen (secondary N) is 2. The summed E-state index contributed by atoms with van der Waals surface area (Å²) < 4.78 is 20.6. The number of aromatic nitrogens is 2. The largest absolute Gasteiger partial charge is 0.474 e. The molecule has 2 aliphatic heterocycles. The zero-order chi connectivity index (χ0) is 23.2. The normalized spacial score (nSPS) is 24.0. The molecule has 5 rings (SSSR count). The zero-order valence-corrected chi connectivity index (χ0v) is 19.2. The predicted octanol–water partition coefficient (Wildman–Crippen LogP) is 4.39.